The fraction of sp³-hybridized carbons (Fsp3) is 1.00. The van der Waals surface area contributed by atoms with Crippen LogP contribution in [0, 0.1) is 5.92 Å². The molecular formula is C7H16O3. The molecular weight excluding hydrogens is 132 g/mol. The quantitative estimate of drug-likeness (QED) is 0.504. The van der Waals surface area contributed by atoms with Gasteiger partial charge in [0.05, 0.1) is 6.10 Å². The molecule has 0 radical (unpaired) electrons. The lowest BCUT2D eigenvalue weighted by molar-refractivity contribution is 0.0813. The highest BCUT2D eigenvalue weighted by Crippen LogP contribution is 2.07. The molecule has 0 saturated carbocycles. The molecule has 0 bridgehead atoms. The van der Waals surface area contributed by atoms with E-state index in [-0.39, 0.29) is 25.2 Å². The van der Waals surface area contributed by atoms with E-state index in [1.54, 1.807) is 0 Å². The molecule has 1 atom stereocenters. The topological polar surface area (TPSA) is 60.7 Å². The van der Waals surface area contributed by atoms with Gasteiger partial charge in [-0.15, -0.1) is 0 Å². The van der Waals surface area contributed by atoms with Crippen molar-refractivity contribution in [3.05, 3.63) is 0 Å². The number of aliphatic hydroxyl groups excluding tert-OH is 3. The Kier molecular flexibility index (Phi) is 5.58. The third-order valence-electron chi connectivity index (χ3n) is 1.59. The summed E-state index contributed by atoms with van der Waals surface area (Å²) in [5.41, 5.74) is 0. The van der Waals surface area contributed by atoms with Crippen LogP contribution in [0.1, 0.15) is 19.8 Å². The first-order valence-electron chi connectivity index (χ1n) is 3.64. The van der Waals surface area contributed by atoms with E-state index in [4.69, 9.17) is 15.3 Å². The Balaban J connectivity index is 3.41. The maximum Gasteiger partial charge on any atom is 0.0542 e. The Morgan fingerprint density at radius 1 is 1.20 bits per heavy atom. The van der Waals surface area contributed by atoms with Gasteiger partial charge in [-0.2, -0.15) is 0 Å². The summed E-state index contributed by atoms with van der Waals surface area (Å²) in [5, 5.41) is 26.3. The zero-order chi connectivity index (χ0) is 7.98. The van der Waals surface area contributed by atoms with Crippen molar-refractivity contribution < 1.29 is 15.3 Å². The molecule has 0 aliphatic heterocycles. The van der Waals surface area contributed by atoms with Crippen LogP contribution >= 0.6 is 0 Å². The van der Waals surface area contributed by atoms with Crippen LogP contribution in [0.2, 0.25) is 0 Å². The minimum atomic E-state index is -0.385. The molecule has 0 rings (SSSR count). The lowest BCUT2D eigenvalue weighted by Crippen LogP contribution is -2.18. The van der Waals surface area contributed by atoms with Gasteiger partial charge in [0.2, 0.25) is 0 Å². The van der Waals surface area contributed by atoms with Gasteiger partial charge in [0.1, 0.15) is 0 Å². The van der Waals surface area contributed by atoms with Gasteiger partial charge in [0, 0.05) is 19.1 Å². The van der Waals surface area contributed by atoms with E-state index < -0.39 is 0 Å². The average Bonchev–Trinajstić information content (AvgIpc) is 1.99. The predicted molar refractivity (Wildman–Crippen MR) is 38.6 cm³/mol. The van der Waals surface area contributed by atoms with E-state index in [1.807, 2.05) is 6.92 Å². The molecule has 10 heavy (non-hydrogen) atoms. The van der Waals surface area contributed by atoms with Crippen molar-refractivity contribution in [3.63, 3.8) is 0 Å². The molecule has 0 aliphatic rings. The van der Waals surface area contributed by atoms with Gasteiger partial charge in [-0.25, -0.2) is 0 Å². The van der Waals surface area contributed by atoms with Crippen molar-refractivity contribution in [2.45, 2.75) is 25.9 Å². The molecule has 0 aromatic carbocycles. The van der Waals surface area contributed by atoms with Crippen molar-refractivity contribution in [2.24, 2.45) is 5.92 Å². The zero-order valence-corrected chi connectivity index (χ0v) is 6.32. The summed E-state index contributed by atoms with van der Waals surface area (Å²) >= 11 is 0. The molecule has 62 valence electrons. The number of hydrogen-bond acceptors (Lipinski definition) is 3. The van der Waals surface area contributed by atoms with Crippen LogP contribution in [0.15, 0.2) is 0 Å². The lowest BCUT2D eigenvalue weighted by atomic mass is 10.0. The molecule has 3 N–H and O–H groups in total. The summed E-state index contributed by atoms with van der Waals surface area (Å²) in [6.45, 7) is 1.78. The van der Waals surface area contributed by atoms with Gasteiger partial charge in [-0.05, 0) is 12.8 Å². The van der Waals surface area contributed by atoms with E-state index >= 15 is 0 Å². The third kappa shape index (κ3) is 3.82. The molecule has 3 heteroatoms. The summed E-state index contributed by atoms with van der Waals surface area (Å²) in [6.07, 6.45) is 0.782. The summed E-state index contributed by atoms with van der Waals surface area (Å²) in [4.78, 5) is 0. The van der Waals surface area contributed by atoms with Crippen LogP contribution in [0.3, 0.4) is 0 Å². The van der Waals surface area contributed by atoms with Gasteiger partial charge in [0.15, 0.2) is 0 Å². The Morgan fingerprint density at radius 2 is 1.70 bits per heavy atom. The van der Waals surface area contributed by atoms with Crippen LogP contribution in [-0.4, -0.2) is 34.6 Å². The summed E-state index contributed by atoms with van der Waals surface area (Å²) in [6, 6.07) is 0. The normalized spacial score (nSPS) is 14.1. The highest BCUT2D eigenvalue weighted by atomic mass is 16.3. The highest BCUT2D eigenvalue weighted by molar-refractivity contribution is 4.61. The smallest absolute Gasteiger partial charge is 0.0542 e. The number of aliphatic hydroxyl groups is 3. The summed E-state index contributed by atoms with van der Waals surface area (Å²) in [7, 11) is 0. The average molecular weight is 148 g/mol. The zero-order valence-electron chi connectivity index (χ0n) is 6.32. The first-order valence-corrected chi connectivity index (χ1v) is 3.64. The van der Waals surface area contributed by atoms with Crippen molar-refractivity contribution in [1.29, 1.82) is 0 Å². The van der Waals surface area contributed by atoms with Crippen LogP contribution in [0.5, 0.6) is 0 Å². The molecule has 1 unspecified atom stereocenters. The van der Waals surface area contributed by atoms with Crippen LogP contribution < -0.4 is 0 Å². The summed E-state index contributed by atoms with van der Waals surface area (Å²) < 4.78 is 0. The maximum absolute atomic E-state index is 9.07. The minimum absolute atomic E-state index is 0.0481. The maximum atomic E-state index is 9.07. The molecule has 0 fully saturated rings. The van der Waals surface area contributed by atoms with Gasteiger partial charge >= 0.3 is 0 Å². The molecule has 0 heterocycles. The predicted octanol–water partition coefficient (Wildman–Crippen LogP) is -0.252. The molecule has 3 nitrogen and oxygen atoms in total. The lowest BCUT2D eigenvalue weighted by Gasteiger charge is -2.13. The van der Waals surface area contributed by atoms with E-state index in [0.717, 1.165) is 0 Å². The van der Waals surface area contributed by atoms with Crippen molar-refractivity contribution in [2.75, 3.05) is 13.2 Å². The second kappa shape index (κ2) is 5.65. The van der Waals surface area contributed by atoms with E-state index in [2.05, 4.69) is 0 Å². The fourth-order valence-electron chi connectivity index (χ4n) is 0.758. The molecule has 0 aromatic rings. The van der Waals surface area contributed by atoms with Gasteiger partial charge in [-0.3, -0.25) is 0 Å². The van der Waals surface area contributed by atoms with E-state index in [1.165, 1.54) is 0 Å². The minimum Gasteiger partial charge on any atom is -0.396 e. The first kappa shape index (κ1) is 9.88. The Labute approximate surface area is 61.3 Å². The SMILES string of the molecule is CCC(O)CC(CO)CO. The summed E-state index contributed by atoms with van der Waals surface area (Å²) in [5.74, 6) is -0.157. The van der Waals surface area contributed by atoms with Crippen LogP contribution in [-0.2, 0) is 0 Å². The molecule has 0 spiro atoms. The molecule has 0 amide bonds. The van der Waals surface area contributed by atoms with E-state index in [0.29, 0.717) is 12.8 Å². The Bertz CT molecular complexity index is 71.3. The standard InChI is InChI=1S/C7H16O3/c1-2-7(10)3-6(4-8)5-9/h6-10H,2-5H2,1H3. The van der Waals surface area contributed by atoms with Crippen LogP contribution in [0.4, 0.5) is 0 Å². The molecule has 0 aromatic heterocycles. The monoisotopic (exact) mass is 148 g/mol. The second-order valence-electron chi connectivity index (χ2n) is 2.53. The molecule has 0 saturated heterocycles. The number of hydrogen-bond donors (Lipinski definition) is 3. The number of rotatable bonds is 5. The largest absolute Gasteiger partial charge is 0.396 e. The Hall–Kier alpha value is -0.120. The van der Waals surface area contributed by atoms with Gasteiger partial charge < -0.3 is 15.3 Å². The fourth-order valence-corrected chi connectivity index (χ4v) is 0.758. The van der Waals surface area contributed by atoms with Crippen LogP contribution in [0.25, 0.3) is 0 Å². The highest BCUT2D eigenvalue weighted by Gasteiger charge is 2.10. The first-order chi connectivity index (χ1) is 4.74. The Morgan fingerprint density at radius 3 is 2.00 bits per heavy atom. The molecule has 0 aliphatic carbocycles. The van der Waals surface area contributed by atoms with Gasteiger partial charge in [-0.1, -0.05) is 6.92 Å². The van der Waals surface area contributed by atoms with E-state index in [9.17, 15) is 0 Å². The van der Waals surface area contributed by atoms with Crippen molar-refractivity contribution in [1.82, 2.24) is 0 Å². The van der Waals surface area contributed by atoms with Crippen molar-refractivity contribution in [3.8, 4) is 0 Å². The van der Waals surface area contributed by atoms with Crippen molar-refractivity contribution >= 4 is 0 Å². The van der Waals surface area contributed by atoms with Gasteiger partial charge in [0.25, 0.3) is 0 Å². The second-order valence-corrected chi connectivity index (χ2v) is 2.53. The third-order valence-corrected chi connectivity index (χ3v) is 1.59.